The number of hydrogen-bond acceptors (Lipinski definition) is 3. The molecule has 5 heteroatoms. The first-order chi connectivity index (χ1) is 10.0. The van der Waals surface area contributed by atoms with Gasteiger partial charge in [0.05, 0.1) is 10.0 Å². The average molecular weight is 330 g/mol. The Hall–Kier alpha value is -0.320. The van der Waals surface area contributed by atoms with Crippen LogP contribution in [0.15, 0.2) is 18.2 Å². The first-order valence-electron chi connectivity index (χ1n) is 7.51. The van der Waals surface area contributed by atoms with Gasteiger partial charge in [-0.05, 0) is 64.8 Å². The molecule has 2 atom stereocenters. The third kappa shape index (κ3) is 4.57. The van der Waals surface area contributed by atoms with Gasteiger partial charge in [-0.3, -0.25) is 0 Å². The summed E-state index contributed by atoms with van der Waals surface area (Å²) in [7, 11) is 6.47. The van der Waals surface area contributed by atoms with E-state index in [1.807, 2.05) is 19.2 Å². The molecule has 3 nitrogen and oxygen atoms in total. The number of benzene rings is 1. The van der Waals surface area contributed by atoms with Gasteiger partial charge in [-0.25, -0.2) is 0 Å². The molecule has 2 unspecified atom stereocenters. The van der Waals surface area contributed by atoms with Gasteiger partial charge in [0.25, 0.3) is 0 Å². The van der Waals surface area contributed by atoms with Crippen LogP contribution >= 0.6 is 23.2 Å². The smallest absolute Gasteiger partial charge is 0.0595 e. The van der Waals surface area contributed by atoms with Crippen LogP contribution in [0.25, 0.3) is 0 Å². The van der Waals surface area contributed by atoms with Crippen molar-refractivity contribution in [3.8, 4) is 0 Å². The lowest BCUT2D eigenvalue weighted by Crippen LogP contribution is -2.52. The highest BCUT2D eigenvalue weighted by atomic mass is 35.5. The van der Waals surface area contributed by atoms with Gasteiger partial charge < -0.3 is 15.1 Å². The van der Waals surface area contributed by atoms with E-state index in [0.717, 1.165) is 19.5 Å². The van der Waals surface area contributed by atoms with Gasteiger partial charge in [0.1, 0.15) is 0 Å². The van der Waals surface area contributed by atoms with E-state index >= 15 is 0 Å². The Morgan fingerprint density at radius 1 is 1.24 bits per heavy atom. The Morgan fingerprint density at radius 3 is 2.67 bits per heavy atom. The van der Waals surface area contributed by atoms with Crippen LogP contribution in [-0.2, 0) is 6.42 Å². The van der Waals surface area contributed by atoms with E-state index in [2.05, 4.69) is 35.3 Å². The quantitative estimate of drug-likeness (QED) is 0.916. The molecule has 0 saturated carbocycles. The van der Waals surface area contributed by atoms with E-state index < -0.39 is 0 Å². The van der Waals surface area contributed by atoms with Crippen molar-refractivity contribution in [2.75, 3.05) is 40.8 Å². The molecule has 21 heavy (non-hydrogen) atoms. The van der Waals surface area contributed by atoms with E-state index in [9.17, 15) is 0 Å². The van der Waals surface area contributed by atoms with Crippen LogP contribution in [0.1, 0.15) is 12.0 Å². The van der Waals surface area contributed by atoms with Crippen LogP contribution in [0, 0.1) is 0 Å². The van der Waals surface area contributed by atoms with Crippen LogP contribution in [0.5, 0.6) is 0 Å². The van der Waals surface area contributed by atoms with Gasteiger partial charge in [0.15, 0.2) is 0 Å². The summed E-state index contributed by atoms with van der Waals surface area (Å²) in [5.41, 5.74) is 1.23. The monoisotopic (exact) mass is 329 g/mol. The van der Waals surface area contributed by atoms with Gasteiger partial charge in [-0.15, -0.1) is 0 Å². The maximum Gasteiger partial charge on any atom is 0.0595 e. The van der Waals surface area contributed by atoms with Gasteiger partial charge in [-0.2, -0.15) is 0 Å². The van der Waals surface area contributed by atoms with Crippen molar-refractivity contribution in [2.24, 2.45) is 0 Å². The highest BCUT2D eigenvalue weighted by Gasteiger charge is 2.27. The zero-order valence-corrected chi connectivity index (χ0v) is 14.6. The van der Waals surface area contributed by atoms with Crippen LogP contribution in [0.4, 0.5) is 0 Å². The second kappa shape index (κ2) is 7.80. The fourth-order valence-electron chi connectivity index (χ4n) is 3.09. The largest absolute Gasteiger partial charge is 0.315 e. The minimum Gasteiger partial charge on any atom is -0.315 e. The third-order valence-corrected chi connectivity index (χ3v) is 5.13. The molecule has 0 bridgehead atoms. The van der Waals surface area contributed by atoms with E-state index in [4.69, 9.17) is 23.2 Å². The zero-order chi connectivity index (χ0) is 15.4. The highest BCUT2D eigenvalue weighted by Crippen LogP contribution is 2.24. The number of hydrogen-bond donors (Lipinski definition) is 1. The molecule has 2 rings (SSSR count). The van der Waals surface area contributed by atoms with E-state index in [1.54, 1.807) is 0 Å². The van der Waals surface area contributed by atoms with Crippen molar-refractivity contribution >= 4 is 23.2 Å². The summed E-state index contributed by atoms with van der Waals surface area (Å²) in [5, 5.41) is 4.74. The third-order valence-electron chi connectivity index (χ3n) is 4.39. The molecular weight excluding hydrogens is 305 g/mol. The summed E-state index contributed by atoms with van der Waals surface area (Å²) >= 11 is 12.1. The first-order valence-corrected chi connectivity index (χ1v) is 8.27. The number of likely N-dealkylation sites (N-methyl/N-ethyl adjacent to an activating group) is 3. The van der Waals surface area contributed by atoms with Gasteiger partial charge >= 0.3 is 0 Å². The van der Waals surface area contributed by atoms with E-state index in [0.29, 0.717) is 22.1 Å². The summed E-state index contributed by atoms with van der Waals surface area (Å²) in [5.74, 6) is 0. The average Bonchev–Trinajstić information content (AvgIpc) is 2.61. The Kier molecular flexibility index (Phi) is 6.33. The van der Waals surface area contributed by atoms with Crippen molar-refractivity contribution in [1.82, 2.24) is 15.1 Å². The summed E-state index contributed by atoms with van der Waals surface area (Å²) in [6.45, 7) is 3.40. The molecular formula is C16H25Cl2N3. The fourth-order valence-corrected chi connectivity index (χ4v) is 3.41. The second-order valence-electron chi connectivity index (χ2n) is 6.01. The summed E-state index contributed by atoms with van der Waals surface area (Å²) < 4.78 is 0. The predicted molar refractivity (Wildman–Crippen MR) is 91.5 cm³/mol. The van der Waals surface area contributed by atoms with Crippen LogP contribution < -0.4 is 5.32 Å². The number of nitrogens with one attached hydrogen (secondary N) is 1. The van der Waals surface area contributed by atoms with Crippen molar-refractivity contribution in [3.05, 3.63) is 33.8 Å². The Bertz CT molecular complexity index is 467. The summed E-state index contributed by atoms with van der Waals surface area (Å²) in [4.78, 5) is 4.90. The molecule has 1 aliphatic heterocycles. The van der Waals surface area contributed by atoms with Crippen molar-refractivity contribution in [3.63, 3.8) is 0 Å². The lowest BCUT2D eigenvalue weighted by molar-refractivity contribution is 0.181. The summed E-state index contributed by atoms with van der Waals surface area (Å²) in [6, 6.07) is 6.83. The lowest BCUT2D eigenvalue weighted by Gasteiger charge is -2.34. The molecule has 0 aromatic heterocycles. The molecule has 1 saturated heterocycles. The maximum absolute atomic E-state index is 6.13. The van der Waals surface area contributed by atoms with Crippen LogP contribution in [0.2, 0.25) is 10.0 Å². The second-order valence-corrected chi connectivity index (χ2v) is 6.83. The van der Waals surface area contributed by atoms with Gasteiger partial charge in [0.2, 0.25) is 0 Å². The fraction of sp³-hybridized carbons (Fsp3) is 0.625. The minimum absolute atomic E-state index is 0.396. The number of rotatable bonds is 4. The van der Waals surface area contributed by atoms with Crippen LogP contribution in [0.3, 0.4) is 0 Å². The minimum atomic E-state index is 0.396. The number of nitrogens with zero attached hydrogens (tertiary/aromatic N) is 2. The molecule has 118 valence electrons. The molecule has 1 N–H and O–H groups in total. The van der Waals surface area contributed by atoms with E-state index in [-0.39, 0.29) is 0 Å². The molecule has 0 aliphatic carbocycles. The Balaban J connectivity index is 2.11. The molecule has 1 heterocycles. The topological polar surface area (TPSA) is 18.5 Å². The maximum atomic E-state index is 6.13. The zero-order valence-electron chi connectivity index (χ0n) is 13.1. The molecule has 1 aromatic rings. The lowest BCUT2D eigenvalue weighted by atomic mass is 9.98. The highest BCUT2D eigenvalue weighted by molar-refractivity contribution is 6.42. The molecule has 0 spiro atoms. The summed E-state index contributed by atoms with van der Waals surface area (Å²) in [6.07, 6.45) is 2.18. The first kappa shape index (κ1) is 17.0. The van der Waals surface area contributed by atoms with Gasteiger partial charge in [-0.1, -0.05) is 29.3 Å². The standard InChI is InChI=1S/C16H25Cl2N3/c1-19-15(10-12-5-6-13(17)14(18)9-12)16-11-20(2)7-4-8-21(16)3/h5-6,9,15-16,19H,4,7-8,10-11H2,1-3H3. The molecule has 1 aliphatic rings. The molecule has 0 radical (unpaired) electrons. The molecule has 1 aromatic carbocycles. The van der Waals surface area contributed by atoms with Crippen molar-refractivity contribution < 1.29 is 0 Å². The SMILES string of the molecule is CNC(Cc1ccc(Cl)c(Cl)c1)C1CN(C)CCCN1C. The van der Waals surface area contributed by atoms with E-state index in [1.165, 1.54) is 18.5 Å². The normalized spacial score (nSPS) is 23.0. The molecule has 0 amide bonds. The van der Waals surface area contributed by atoms with Crippen molar-refractivity contribution in [1.29, 1.82) is 0 Å². The number of halogens is 2. The molecule has 1 fully saturated rings. The van der Waals surface area contributed by atoms with Gasteiger partial charge in [0, 0.05) is 18.6 Å². The predicted octanol–water partition coefficient (Wildman–Crippen LogP) is 2.76. The Morgan fingerprint density at radius 2 is 2.00 bits per heavy atom. The Labute approximate surface area is 138 Å². The van der Waals surface area contributed by atoms with Crippen molar-refractivity contribution in [2.45, 2.75) is 24.9 Å². The van der Waals surface area contributed by atoms with Crippen LogP contribution in [-0.4, -0.2) is 62.7 Å².